The van der Waals surface area contributed by atoms with E-state index in [0.717, 1.165) is 23.6 Å². The molecular formula is C19H20F3NO2. The minimum atomic E-state index is -4.36. The third kappa shape index (κ3) is 3.44. The van der Waals surface area contributed by atoms with Gasteiger partial charge in [-0.15, -0.1) is 0 Å². The molecule has 0 aromatic heterocycles. The summed E-state index contributed by atoms with van der Waals surface area (Å²) in [6.07, 6.45) is -3.62. The molecule has 134 valence electrons. The van der Waals surface area contributed by atoms with Gasteiger partial charge in [0, 0.05) is 12.1 Å². The van der Waals surface area contributed by atoms with Crippen molar-refractivity contribution in [2.45, 2.75) is 25.6 Å². The lowest BCUT2D eigenvalue weighted by Gasteiger charge is -2.30. The van der Waals surface area contributed by atoms with Crippen LogP contribution < -0.4 is 14.8 Å². The molecule has 0 saturated heterocycles. The standard InChI is InChI=1S/C19H20F3NO2/c1-3-25-18-15-9-10-23-17(14(15)7-8-16(18)24-2)12-5-4-6-13(11-12)19(20,21)22/h4-8,11,17,23H,3,9-10H2,1-2H3. The summed E-state index contributed by atoms with van der Waals surface area (Å²) in [4.78, 5) is 0. The number of hydrogen-bond donors (Lipinski definition) is 1. The third-order valence-electron chi connectivity index (χ3n) is 4.35. The van der Waals surface area contributed by atoms with Gasteiger partial charge in [-0.1, -0.05) is 18.2 Å². The van der Waals surface area contributed by atoms with Gasteiger partial charge in [-0.25, -0.2) is 0 Å². The molecular weight excluding hydrogens is 331 g/mol. The van der Waals surface area contributed by atoms with Crippen LogP contribution in [0.5, 0.6) is 11.5 Å². The van der Waals surface area contributed by atoms with Crippen LogP contribution in [0, 0.1) is 0 Å². The largest absolute Gasteiger partial charge is 0.493 e. The van der Waals surface area contributed by atoms with E-state index < -0.39 is 11.7 Å². The molecule has 2 aromatic rings. The maximum Gasteiger partial charge on any atom is 0.416 e. The van der Waals surface area contributed by atoms with Crippen molar-refractivity contribution in [2.75, 3.05) is 20.3 Å². The molecule has 1 aliphatic rings. The zero-order chi connectivity index (χ0) is 18.0. The molecule has 2 aromatic carbocycles. The van der Waals surface area contributed by atoms with Gasteiger partial charge in [-0.2, -0.15) is 13.2 Å². The number of benzene rings is 2. The van der Waals surface area contributed by atoms with Crippen molar-refractivity contribution in [2.24, 2.45) is 0 Å². The Morgan fingerprint density at radius 1 is 1.20 bits per heavy atom. The Kier molecular flexibility index (Phi) is 4.90. The number of ether oxygens (including phenoxy) is 2. The van der Waals surface area contributed by atoms with Gasteiger partial charge in [0.15, 0.2) is 11.5 Å². The van der Waals surface area contributed by atoms with Gasteiger partial charge < -0.3 is 14.8 Å². The van der Waals surface area contributed by atoms with Gasteiger partial charge in [0.2, 0.25) is 0 Å². The van der Waals surface area contributed by atoms with E-state index in [2.05, 4.69) is 5.32 Å². The highest BCUT2D eigenvalue weighted by molar-refractivity contribution is 5.54. The fraction of sp³-hybridized carbons (Fsp3) is 0.368. The number of fused-ring (bicyclic) bond motifs is 1. The number of alkyl halides is 3. The first-order valence-electron chi connectivity index (χ1n) is 8.18. The topological polar surface area (TPSA) is 30.5 Å². The summed E-state index contributed by atoms with van der Waals surface area (Å²) >= 11 is 0. The first-order valence-corrected chi connectivity index (χ1v) is 8.18. The van der Waals surface area contributed by atoms with E-state index in [1.165, 1.54) is 12.1 Å². The second-order valence-corrected chi connectivity index (χ2v) is 5.86. The second-order valence-electron chi connectivity index (χ2n) is 5.86. The molecule has 1 unspecified atom stereocenters. The smallest absolute Gasteiger partial charge is 0.416 e. The van der Waals surface area contributed by atoms with E-state index in [0.29, 0.717) is 30.2 Å². The first kappa shape index (κ1) is 17.6. The predicted octanol–water partition coefficient (Wildman–Crippen LogP) is 4.35. The van der Waals surface area contributed by atoms with E-state index in [4.69, 9.17) is 9.47 Å². The number of halogens is 3. The molecule has 0 bridgehead atoms. The van der Waals surface area contributed by atoms with Crippen molar-refractivity contribution in [3.05, 3.63) is 58.7 Å². The van der Waals surface area contributed by atoms with Crippen LogP contribution in [-0.4, -0.2) is 20.3 Å². The van der Waals surface area contributed by atoms with Crippen LogP contribution in [0.15, 0.2) is 36.4 Å². The predicted molar refractivity (Wildman–Crippen MR) is 89.2 cm³/mol. The molecule has 0 amide bonds. The molecule has 1 heterocycles. The molecule has 0 fully saturated rings. The minimum absolute atomic E-state index is 0.309. The quantitative estimate of drug-likeness (QED) is 0.888. The highest BCUT2D eigenvalue weighted by Crippen LogP contribution is 2.40. The van der Waals surface area contributed by atoms with Crippen LogP contribution in [0.3, 0.4) is 0 Å². The zero-order valence-corrected chi connectivity index (χ0v) is 14.1. The van der Waals surface area contributed by atoms with Crippen molar-refractivity contribution in [3.8, 4) is 11.5 Å². The van der Waals surface area contributed by atoms with Crippen molar-refractivity contribution >= 4 is 0 Å². The molecule has 1 aliphatic heterocycles. The molecule has 0 radical (unpaired) electrons. The Bertz CT molecular complexity index is 759. The molecule has 1 N–H and O–H groups in total. The van der Waals surface area contributed by atoms with Crippen molar-refractivity contribution in [3.63, 3.8) is 0 Å². The average Bonchev–Trinajstić information content (AvgIpc) is 2.61. The Morgan fingerprint density at radius 2 is 2.00 bits per heavy atom. The fourth-order valence-corrected chi connectivity index (χ4v) is 3.26. The maximum atomic E-state index is 13.0. The molecule has 0 saturated carbocycles. The summed E-state index contributed by atoms with van der Waals surface area (Å²) in [5.74, 6) is 1.33. The van der Waals surface area contributed by atoms with Crippen molar-refractivity contribution in [1.29, 1.82) is 0 Å². The Hall–Kier alpha value is -2.21. The maximum absolute atomic E-state index is 13.0. The lowest BCUT2D eigenvalue weighted by atomic mass is 9.88. The molecule has 25 heavy (non-hydrogen) atoms. The van der Waals surface area contributed by atoms with E-state index in [-0.39, 0.29) is 6.04 Å². The van der Waals surface area contributed by atoms with Crippen LogP contribution in [-0.2, 0) is 12.6 Å². The zero-order valence-electron chi connectivity index (χ0n) is 14.1. The van der Waals surface area contributed by atoms with Crippen LogP contribution >= 0.6 is 0 Å². The fourth-order valence-electron chi connectivity index (χ4n) is 3.26. The van der Waals surface area contributed by atoms with Crippen LogP contribution in [0.25, 0.3) is 0 Å². The Labute approximate surface area is 144 Å². The number of hydrogen-bond acceptors (Lipinski definition) is 3. The van der Waals surface area contributed by atoms with Gasteiger partial charge in [0.05, 0.1) is 25.3 Å². The van der Waals surface area contributed by atoms with Gasteiger partial charge in [0.25, 0.3) is 0 Å². The average molecular weight is 351 g/mol. The highest BCUT2D eigenvalue weighted by atomic mass is 19.4. The van der Waals surface area contributed by atoms with Gasteiger partial charge >= 0.3 is 6.18 Å². The first-order chi connectivity index (χ1) is 12.0. The number of nitrogens with one attached hydrogen (secondary N) is 1. The normalized spacial score (nSPS) is 17.1. The van der Waals surface area contributed by atoms with Gasteiger partial charge in [-0.3, -0.25) is 0 Å². The number of rotatable bonds is 4. The van der Waals surface area contributed by atoms with Crippen molar-refractivity contribution < 1.29 is 22.6 Å². The van der Waals surface area contributed by atoms with E-state index in [1.54, 1.807) is 19.2 Å². The summed E-state index contributed by atoms with van der Waals surface area (Å²) in [5, 5.41) is 3.31. The van der Waals surface area contributed by atoms with E-state index in [1.807, 2.05) is 13.0 Å². The lowest BCUT2D eigenvalue weighted by molar-refractivity contribution is -0.137. The lowest BCUT2D eigenvalue weighted by Crippen LogP contribution is -2.31. The van der Waals surface area contributed by atoms with Crippen LogP contribution in [0.2, 0.25) is 0 Å². The number of methoxy groups -OCH3 is 1. The van der Waals surface area contributed by atoms with Crippen LogP contribution in [0.4, 0.5) is 13.2 Å². The summed E-state index contributed by atoms with van der Waals surface area (Å²) in [6.45, 7) is 3.04. The molecule has 6 heteroatoms. The molecule has 1 atom stereocenters. The summed E-state index contributed by atoms with van der Waals surface area (Å²) in [7, 11) is 1.58. The Morgan fingerprint density at radius 3 is 2.68 bits per heavy atom. The van der Waals surface area contributed by atoms with Gasteiger partial charge in [0.1, 0.15) is 0 Å². The summed E-state index contributed by atoms with van der Waals surface area (Å²) < 4.78 is 50.2. The molecule has 0 aliphatic carbocycles. The third-order valence-corrected chi connectivity index (χ3v) is 4.35. The van der Waals surface area contributed by atoms with E-state index >= 15 is 0 Å². The highest BCUT2D eigenvalue weighted by Gasteiger charge is 2.32. The summed E-state index contributed by atoms with van der Waals surface area (Å²) in [6, 6.07) is 8.85. The monoisotopic (exact) mass is 351 g/mol. The Balaban J connectivity index is 2.07. The molecule has 0 spiro atoms. The SMILES string of the molecule is CCOc1c(OC)ccc2c1CCNC2c1cccc(C(F)(F)F)c1. The molecule has 3 rings (SSSR count). The van der Waals surface area contributed by atoms with Gasteiger partial charge in [-0.05, 0) is 42.7 Å². The summed E-state index contributed by atoms with van der Waals surface area (Å²) in [5.41, 5.74) is 1.86. The molecule has 3 nitrogen and oxygen atoms in total. The minimum Gasteiger partial charge on any atom is -0.493 e. The second kappa shape index (κ2) is 6.96. The van der Waals surface area contributed by atoms with E-state index in [9.17, 15) is 13.2 Å². The van der Waals surface area contributed by atoms with Crippen LogP contribution in [0.1, 0.15) is 35.2 Å². The van der Waals surface area contributed by atoms with Crippen molar-refractivity contribution in [1.82, 2.24) is 5.32 Å².